The zero-order valence-electron chi connectivity index (χ0n) is 10.7. The molecule has 0 aromatic heterocycles. The molecule has 1 amide bonds. The lowest BCUT2D eigenvalue weighted by molar-refractivity contribution is -0.150. The van der Waals surface area contributed by atoms with Crippen LogP contribution in [0.3, 0.4) is 0 Å². The standard InChI is InChI=1S/C12H22N2O4/c1-18-12(17)10(15)7-14-11(16)9-4-2-8(6-13)3-5-9/h8-10,15H,2-7,13H2,1H3,(H,14,16). The Morgan fingerprint density at radius 1 is 1.39 bits per heavy atom. The number of amides is 1. The number of carbonyl (C=O) groups excluding carboxylic acids is 2. The summed E-state index contributed by atoms with van der Waals surface area (Å²) in [6.45, 7) is 0.581. The average Bonchev–Trinajstić information content (AvgIpc) is 2.43. The number of aliphatic hydroxyl groups excluding tert-OH is 1. The van der Waals surface area contributed by atoms with E-state index < -0.39 is 12.1 Å². The Labute approximate surface area is 107 Å². The first-order valence-electron chi connectivity index (χ1n) is 6.32. The summed E-state index contributed by atoms with van der Waals surface area (Å²) in [5, 5.41) is 11.9. The topological polar surface area (TPSA) is 102 Å². The van der Waals surface area contributed by atoms with E-state index in [0.29, 0.717) is 12.5 Å². The van der Waals surface area contributed by atoms with E-state index in [2.05, 4.69) is 10.1 Å². The first kappa shape index (κ1) is 14.9. The van der Waals surface area contributed by atoms with Crippen molar-refractivity contribution in [1.29, 1.82) is 0 Å². The molecule has 0 aliphatic heterocycles. The van der Waals surface area contributed by atoms with Gasteiger partial charge in [-0.05, 0) is 38.1 Å². The Bertz CT molecular complexity index is 288. The molecular weight excluding hydrogens is 236 g/mol. The van der Waals surface area contributed by atoms with Gasteiger partial charge in [0.15, 0.2) is 6.10 Å². The Morgan fingerprint density at radius 3 is 2.50 bits per heavy atom. The lowest BCUT2D eigenvalue weighted by Crippen LogP contribution is -2.41. The van der Waals surface area contributed by atoms with Gasteiger partial charge in [-0.3, -0.25) is 4.79 Å². The zero-order valence-corrected chi connectivity index (χ0v) is 10.7. The third kappa shape index (κ3) is 4.27. The van der Waals surface area contributed by atoms with Crippen molar-refractivity contribution in [3.05, 3.63) is 0 Å². The molecule has 1 saturated carbocycles. The molecule has 0 spiro atoms. The number of nitrogens with one attached hydrogen (secondary N) is 1. The minimum Gasteiger partial charge on any atom is -0.467 e. The largest absolute Gasteiger partial charge is 0.467 e. The maximum atomic E-state index is 11.8. The first-order chi connectivity index (χ1) is 8.58. The van der Waals surface area contributed by atoms with Gasteiger partial charge >= 0.3 is 5.97 Å². The first-order valence-corrected chi connectivity index (χ1v) is 6.32. The van der Waals surface area contributed by atoms with Gasteiger partial charge < -0.3 is 20.9 Å². The molecule has 0 aromatic carbocycles. The highest BCUT2D eigenvalue weighted by atomic mass is 16.5. The summed E-state index contributed by atoms with van der Waals surface area (Å²) in [7, 11) is 1.20. The van der Waals surface area contributed by atoms with E-state index in [4.69, 9.17) is 5.73 Å². The number of hydrogen-bond acceptors (Lipinski definition) is 5. The van der Waals surface area contributed by atoms with Gasteiger partial charge in [0.1, 0.15) is 0 Å². The number of methoxy groups -OCH3 is 1. The lowest BCUT2D eigenvalue weighted by Gasteiger charge is -2.26. The molecule has 4 N–H and O–H groups in total. The van der Waals surface area contributed by atoms with Gasteiger partial charge in [-0.25, -0.2) is 4.79 Å². The van der Waals surface area contributed by atoms with Gasteiger partial charge in [0, 0.05) is 5.92 Å². The third-order valence-electron chi connectivity index (χ3n) is 3.49. The molecule has 1 fully saturated rings. The number of hydrogen-bond donors (Lipinski definition) is 3. The highest BCUT2D eigenvalue weighted by Gasteiger charge is 2.26. The van der Waals surface area contributed by atoms with E-state index >= 15 is 0 Å². The molecular formula is C12H22N2O4. The fourth-order valence-corrected chi connectivity index (χ4v) is 2.22. The molecule has 1 aliphatic carbocycles. The van der Waals surface area contributed by atoms with E-state index in [0.717, 1.165) is 25.7 Å². The zero-order chi connectivity index (χ0) is 13.5. The van der Waals surface area contributed by atoms with Gasteiger partial charge in [-0.1, -0.05) is 0 Å². The SMILES string of the molecule is COC(=O)C(O)CNC(=O)C1CCC(CN)CC1. The number of ether oxygens (including phenoxy) is 1. The molecule has 0 bridgehead atoms. The van der Waals surface area contributed by atoms with Crippen LogP contribution >= 0.6 is 0 Å². The molecule has 0 radical (unpaired) electrons. The van der Waals surface area contributed by atoms with Crippen LogP contribution in [0.25, 0.3) is 0 Å². The Kier molecular flexibility index (Phi) is 6.07. The quantitative estimate of drug-likeness (QED) is 0.572. The van der Waals surface area contributed by atoms with E-state index in [1.54, 1.807) is 0 Å². The molecule has 0 saturated heterocycles. The van der Waals surface area contributed by atoms with Gasteiger partial charge in [0.25, 0.3) is 0 Å². The third-order valence-corrected chi connectivity index (χ3v) is 3.49. The molecule has 1 aliphatic rings. The highest BCUT2D eigenvalue weighted by Crippen LogP contribution is 2.28. The van der Waals surface area contributed by atoms with Crippen molar-refractivity contribution in [3.8, 4) is 0 Å². The van der Waals surface area contributed by atoms with E-state index in [9.17, 15) is 14.7 Å². The van der Waals surface area contributed by atoms with Crippen molar-refractivity contribution in [2.75, 3.05) is 20.2 Å². The summed E-state index contributed by atoms with van der Waals surface area (Å²) >= 11 is 0. The van der Waals surface area contributed by atoms with Crippen LogP contribution in [0.5, 0.6) is 0 Å². The molecule has 18 heavy (non-hydrogen) atoms. The molecule has 104 valence electrons. The predicted molar refractivity (Wildman–Crippen MR) is 65.5 cm³/mol. The molecule has 1 atom stereocenters. The smallest absolute Gasteiger partial charge is 0.336 e. The van der Waals surface area contributed by atoms with Crippen LogP contribution < -0.4 is 11.1 Å². The fourth-order valence-electron chi connectivity index (χ4n) is 2.22. The highest BCUT2D eigenvalue weighted by molar-refractivity contribution is 5.80. The van der Waals surface area contributed by atoms with Crippen LogP contribution in [0.2, 0.25) is 0 Å². The van der Waals surface area contributed by atoms with Gasteiger partial charge in [0.2, 0.25) is 5.91 Å². The predicted octanol–water partition coefficient (Wildman–Crippen LogP) is -0.598. The van der Waals surface area contributed by atoms with Crippen LogP contribution in [0.4, 0.5) is 0 Å². The van der Waals surface area contributed by atoms with Crippen LogP contribution in [0.15, 0.2) is 0 Å². The van der Waals surface area contributed by atoms with Crippen molar-refractivity contribution in [2.24, 2.45) is 17.6 Å². The van der Waals surface area contributed by atoms with Gasteiger partial charge in [0.05, 0.1) is 13.7 Å². The lowest BCUT2D eigenvalue weighted by atomic mass is 9.81. The summed E-state index contributed by atoms with van der Waals surface area (Å²) in [6, 6.07) is 0. The van der Waals surface area contributed by atoms with Crippen molar-refractivity contribution in [1.82, 2.24) is 5.32 Å². The Morgan fingerprint density at radius 2 is 2.00 bits per heavy atom. The number of esters is 1. The minimum absolute atomic E-state index is 0.0300. The summed E-state index contributed by atoms with van der Waals surface area (Å²) in [5.74, 6) is -0.345. The van der Waals surface area contributed by atoms with Crippen molar-refractivity contribution in [2.45, 2.75) is 31.8 Å². The maximum absolute atomic E-state index is 11.8. The van der Waals surface area contributed by atoms with Gasteiger partial charge in [-0.15, -0.1) is 0 Å². The molecule has 1 rings (SSSR count). The summed E-state index contributed by atoms with van der Waals surface area (Å²) in [5.41, 5.74) is 5.59. The Hall–Kier alpha value is -1.14. The van der Waals surface area contributed by atoms with Crippen LogP contribution in [-0.4, -0.2) is 43.3 Å². The van der Waals surface area contributed by atoms with E-state index in [-0.39, 0.29) is 18.4 Å². The molecule has 0 heterocycles. The van der Waals surface area contributed by atoms with Crippen molar-refractivity contribution >= 4 is 11.9 Å². The van der Waals surface area contributed by atoms with Crippen LogP contribution in [0.1, 0.15) is 25.7 Å². The molecule has 6 nitrogen and oxygen atoms in total. The van der Waals surface area contributed by atoms with E-state index in [1.807, 2.05) is 0 Å². The second-order valence-electron chi connectivity index (χ2n) is 4.74. The summed E-state index contributed by atoms with van der Waals surface area (Å²) in [4.78, 5) is 22.7. The molecule has 0 aromatic rings. The molecule has 6 heteroatoms. The maximum Gasteiger partial charge on any atom is 0.336 e. The number of carbonyl (C=O) groups is 2. The Balaban J connectivity index is 2.27. The minimum atomic E-state index is -1.29. The van der Waals surface area contributed by atoms with Crippen molar-refractivity contribution in [3.63, 3.8) is 0 Å². The monoisotopic (exact) mass is 258 g/mol. The second-order valence-corrected chi connectivity index (χ2v) is 4.74. The number of aliphatic hydroxyl groups is 1. The summed E-state index contributed by atoms with van der Waals surface area (Å²) in [6.07, 6.45) is 2.28. The number of rotatable bonds is 5. The number of nitrogens with two attached hydrogens (primary N) is 1. The second kappa shape index (κ2) is 7.33. The van der Waals surface area contributed by atoms with Gasteiger partial charge in [-0.2, -0.15) is 0 Å². The normalized spacial score (nSPS) is 25.3. The summed E-state index contributed by atoms with van der Waals surface area (Å²) < 4.78 is 4.36. The molecule has 1 unspecified atom stereocenters. The van der Waals surface area contributed by atoms with Crippen LogP contribution in [-0.2, 0) is 14.3 Å². The fraction of sp³-hybridized carbons (Fsp3) is 0.833. The van der Waals surface area contributed by atoms with E-state index in [1.165, 1.54) is 7.11 Å². The average molecular weight is 258 g/mol. The van der Waals surface area contributed by atoms with Crippen molar-refractivity contribution < 1.29 is 19.4 Å². The van der Waals surface area contributed by atoms with Crippen LogP contribution in [0, 0.1) is 11.8 Å².